The van der Waals surface area contributed by atoms with Crippen molar-refractivity contribution in [3.05, 3.63) is 42.0 Å². The monoisotopic (exact) mass is 245 g/mol. The molecule has 0 aliphatic rings. The first-order valence-corrected chi connectivity index (χ1v) is 6.41. The van der Waals surface area contributed by atoms with Crippen LogP contribution in [-0.2, 0) is 0 Å². The van der Waals surface area contributed by atoms with E-state index in [1.807, 2.05) is 6.07 Å². The maximum absolute atomic E-state index is 4.18. The van der Waals surface area contributed by atoms with E-state index in [1.54, 1.807) is 35.1 Å². The van der Waals surface area contributed by atoms with Crippen molar-refractivity contribution in [2.75, 3.05) is 0 Å². The molecule has 0 N–H and O–H groups in total. The number of nitrogens with zero attached hydrogens (tertiary/aromatic N) is 3. The zero-order valence-corrected chi connectivity index (χ0v) is 9.83. The summed E-state index contributed by atoms with van der Waals surface area (Å²) in [4.78, 5) is 7.76. The molecule has 78 valence electrons. The summed E-state index contributed by atoms with van der Waals surface area (Å²) in [6.07, 6.45) is 3.24. The number of aromatic nitrogens is 3. The Morgan fingerprint density at radius 2 is 1.88 bits per heavy atom. The lowest BCUT2D eigenvalue weighted by Crippen LogP contribution is -1.86. The lowest BCUT2D eigenvalue weighted by atomic mass is 10.3. The Labute approximate surface area is 100 Å². The van der Waals surface area contributed by atoms with Crippen molar-refractivity contribution in [2.45, 2.75) is 0 Å². The van der Waals surface area contributed by atoms with E-state index < -0.39 is 0 Å². The SMILES string of the molecule is c1csc(-c2ccc(-c3nccnn3)s2)c1. The first-order chi connectivity index (χ1) is 7.93. The Kier molecular flexibility index (Phi) is 2.47. The van der Waals surface area contributed by atoms with Crippen molar-refractivity contribution >= 4 is 22.7 Å². The predicted octanol–water partition coefficient (Wildman–Crippen LogP) is 3.33. The average molecular weight is 245 g/mol. The summed E-state index contributed by atoms with van der Waals surface area (Å²) in [7, 11) is 0. The van der Waals surface area contributed by atoms with Crippen molar-refractivity contribution in [1.29, 1.82) is 0 Å². The van der Waals surface area contributed by atoms with Crippen molar-refractivity contribution in [3.63, 3.8) is 0 Å². The Bertz CT molecular complexity index is 572. The molecule has 5 heteroatoms. The van der Waals surface area contributed by atoms with Crippen molar-refractivity contribution in [2.24, 2.45) is 0 Å². The van der Waals surface area contributed by atoms with Gasteiger partial charge in [-0.1, -0.05) is 6.07 Å². The molecule has 0 saturated carbocycles. The van der Waals surface area contributed by atoms with E-state index in [2.05, 4.69) is 38.8 Å². The molecule has 3 heterocycles. The second kappa shape index (κ2) is 4.11. The molecule has 0 saturated heterocycles. The molecule has 0 aromatic carbocycles. The maximum Gasteiger partial charge on any atom is 0.191 e. The van der Waals surface area contributed by atoms with Gasteiger partial charge >= 0.3 is 0 Å². The minimum Gasteiger partial charge on any atom is -0.233 e. The van der Waals surface area contributed by atoms with Gasteiger partial charge in [0.05, 0.1) is 11.1 Å². The third-order valence-corrected chi connectivity index (χ3v) is 4.22. The molecule has 0 radical (unpaired) electrons. The highest BCUT2D eigenvalue weighted by atomic mass is 32.1. The van der Waals surface area contributed by atoms with Crippen LogP contribution in [0, 0.1) is 0 Å². The zero-order valence-electron chi connectivity index (χ0n) is 8.20. The molecule has 0 bridgehead atoms. The summed E-state index contributed by atoms with van der Waals surface area (Å²) < 4.78 is 0. The van der Waals surface area contributed by atoms with Crippen LogP contribution in [0.1, 0.15) is 0 Å². The van der Waals surface area contributed by atoms with Gasteiger partial charge in [-0.15, -0.1) is 27.8 Å². The van der Waals surface area contributed by atoms with Crippen LogP contribution < -0.4 is 0 Å². The van der Waals surface area contributed by atoms with Crippen LogP contribution in [0.25, 0.3) is 20.5 Å². The van der Waals surface area contributed by atoms with Gasteiger partial charge in [0.2, 0.25) is 0 Å². The second-order valence-corrected chi connectivity index (χ2v) is 5.14. The number of hydrogen-bond donors (Lipinski definition) is 0. The van der Waals surface area contributed by atoms with Gasteiger partial charge in [0.15, 0.2) is 5.82 Å². The van der Waals surface area contributed by atoms with Crippen molar-refractivity contribution < 1.29 is 0 Å². The molecule has 16 heavy (non-hydrogen) atoms. The standard InChI is InChI=1S/C11H7N3S2/c1-2-8(15-7-1)9-3-4-10(16-9)11-12-5-6-13-14-11/h1-7H. The van der Waals surface area contributed by atoms with Gasteiger partial charge in [-0.2, -0.15) is 5.10 Å². The van der Waals surface area contributed by atoms with E-state index in [9.17, 15) is 0 Å². The van der Waals surface area contributed by atoms with E-state index in [0.29, 0.717) is 5.82 Å². The van der Waals surface area contributed by atoms with Crippen LogP contribution in [0.4, 0.5) is 0 Å². The van der Waals surface area contributed by atoms with E-state index in [0.717, 1.165) is 4.88 Å². The molecule has 0 spiro atoms. The second-order valence-electron chi connectivity index (χ2n) is 3.11. The van der Waals surface area contributed by atoms with E-state index >= 15 is 0 Å². The van der Waals surface area contributed by atoms with Crippen LogP contribution in [0.3, 0.4) is 0 Å². The zero-order chi connectivity index (χ0) is 10.8. The molecular weight excluding hydrogens is 238 g/mol. The topological polar surface area (TPSA) is 38.7 Å². The van der Waals surface area contributed by atoms with E-state index in [-0.39, 0.29) is 0 Å². The molecule has 0 fully saturated rings. The molecular formula is C11H7N3S2. The van der Waals surface area contributed by atoms with E-state index in [4.69, 9.17) is 0 Å². The summed E-state index contributed by atoms with van der Waals surface area (Å²) >= 11 is 3.43. The quantitative estimate of drug-likeness (QED) is 0.695. The van der Waals surface area contributed by atoms with Gasteiger partial charge in [-0.25, -0.2) is 4.98 Å². The Morgan fingerprint density at radius 1 is 0.938 bits per heavy atom. The van der Waals surface area contributed by atoms with Crippen molar-refractivity contribution in [1.82, 2.24) is 15.2 Å². The first kappa shape index (κ1) is 9.62. The molecule has 0 amide bonds. The third kappa shape index (κ3) is 1.75. The summed E-state index contributed by atoms with van der Waals surface area (Å²) in [5.41, 5.74) is 0. The van der Waals surface area contributed by atoms with Crippen molar-refractivity contribution in [3.8, 4) is 20.5 Å². The normalized spacial score (nSPS) is 10.5. The largest absolute Gasteiger partial charge is 0.233 e. The summed E-state index contributed by atoms with van der Waals surface area (Å²) in [5, 5.41) is 9.90. The lowest BCUT2D eigenvalue weighted by molar-refractivity contribution is 0.983. The molecule has 3 nitrogen and oxygen atoms in total. The fraction of sp³-hybridized carbons (Fsp3) is 0. The molecule has 0 unspecified atom stereocenters. The van der Waals surface area contributed by atoms with E-state index in [1.165, 1.54) is 9.75 Å². The van der Waals surface area contributed by atoms with Gasteiger partial charge in [0.1, 0.15) is 0 Å². The molecule has 3 rings (SSSR count). The highest BCUT2D eigenvalue weighted by Crippen LogP contribution is 2.34. The minimum atomic E-state index is 0.690. The van der Waals surface area contributed by atoms with Crippen LogP contribution >= 0.6 is 22.7 Å². The summed E-state index contributed by atoms with van der Waals surface area (Å²) in [5.74, 6) is 0.690. The van der Waals surface area contributed by atoms with Gasteiger partial charge in [-0.05, 0) is 23.6 Å². The number of hydrogen-bond acceptors (Lipinski definition) is 5. The van der Waals surface area contributed by atoms with Crippen LogP contribution in [0.2, 0.25) is 0 Å². The highest BCUT2D eigenvalue weighted by Gasteiger charge is 2.07. The molecule has 0 aliphatic carbocycles. The number of thiophene rings is 2. The first-order valence-electron chi connectivity index (χ1n) is 4.71. The van der Waals surface area contributed by atoms with Gasteiger partial charge in [0, 0.05) is 16.0 Å². The van der Waals surface area contributed by atoms with Crippen LogP contribution in [0.5, 0.6) is 0 Å². The summed E-state index contributed by atoms with van der Waals surface area (Å²) in [6.45, 7) is 0. The van der Waals surface area contributed by atoms with Crippen LogP contribution in [0.15, 0.2) is 42.0 Å². The third-order valence-electron chi connectivity index (χ3n) is 2.07. The van der Waals surface area contributed by atoms with Crippen LogP contribution in [-0.4, -0.2) is 15.2 Å². The molecule has 3 aromatic heterocycles. The molecule has 0 aliphatic heterocycles. The lowest BCUT2D eigenvalue weighted by Gasteiger charge is -1.91. The fourth-order valence-corrected chi connectivity index (χ4v) is 3.15. The molecule has 0 atom stereocenters. The average Bonchev–Trinajstić information content (AvgIpc) is 3.01. The molecule has 3 aromatic rings. The van der Waals surface area contributed by atoms with Gasteiger partial charge in [0.25, 0.3) is 0 Å². The Hall–Kier alpha value is -1.59. The van der Waals surface area contributed by atoms with Gasteiger partial charge < -0.3 is 0 Å². The smallest absolute Gasteiger partial charge is 0.191 e. The minimum absolute atomic E-state index is 0.690. The summed E-state index contributed by atoms with van der Waals surface area (Å²) in [6, 6.07) is 8.31. The Morgan fingerprint density at radius 3 is 2.62 bits per heavy atom. The predicted molar refractivity (Wildman–Crippen MR) is 66.5 cm³/mol. The van der Waals surface area contributed by atoms with Gasteiger partial charge in [-0.3, -0.25) is 0 Å². The number of rotatable bonds is 2. The fourth-order valence-electron chi connectivity index (χ4n) is 1.37. The Balaban J connectivity index is 2.00. The maximum atomic E-state index is 4.18. The highest BCUT2D eigenvalue weighted by molar-refractivity contribution is 7.23.